The first-order valence-electron chi connectivity index (χ1n) is 7.82. The van der Waals surface area contributed by atoms with Crippen molar-refractivity contribution in [3.63, 3.8) is 0 Å². The number of hydrogen-bond acceptors (Lipinski definition) is 4. The quantitative estimate of drug-likeness (QED) is 0.922. The van der Waals surface area contributed by atoms with Crippen molar-refractivity contribution < 1.29 is 4.79 Å². The summed E-state index contributed by atoms with van der Waals surface area (Å²) in [6, 6.07) is 5.78. The van der Waals surface area contributed by atoms with E-state index in [4.69, 9.17) is 0 Å². The zero-order valence-electron chi connectivity index (χ0n) is 12.6. The third-order valence-electron chi connectivity index (χ3n) is 4.00. The van der Waals surface area contributed by atoms with Gasteiger partial charge in [-0.05, 0) is 49.5 Å². The average molecular weight is 315 g/mol. The summed E-state index contributed by atoms with van der Waals surface area (Å²) in [6.45, 7) is 3.96. The number of piperidine rings is 1. The maximum atomic E-state index is 12.1. The standard InChI is InChI=1S/C17H21N3OS/c21-17(18-7-10-20-8-2-1-3-9-20)14-4-5-16(19-12-14)15-6-11-22-13-15/h4-6,11-13H,1-3,7-10H2,(H,18,21). The van der Waals surface area contributed by atoms with Gasteiger partial charge in [0.05, 0.1) is 11.3 Å². The smallest absolute Gasteiger partial charge is 0.252 e. The summed E-state index contributed by atoms with van der Waals surface area (Å²) < 4.78 is 0. The van der Waals surface area contributed by atoms with Gasteiger partial charge in [-0.15, -0.1) is 0 Å². The zero-order chi connectivity index (χ0) is 15.2. The normalized spacial score (nSPS) is 15.6. The Balaban J connectivity index is 1.49. The number of nitrogens with zero attached hydrogens (tertiary/aromatic N) is 2. The lowest BCUT2D eigenvalue weighted by molar-refractivity contribution is 0.0946. The number of rotatable bonds is 5. The summed E-state index contributed by atoms with van der Waals surface area (Å²) >= 11 is 1.65. The van der Waals surface area contributed by atoms with E-state index in [1.807, 2.05) is 23.6 Å². The number of carbonyl (C=O) groups excluding carboxylic acids is 1. The highest BCUT2D eigenvalue weighted by atomic mass is 32.1. The van der Waals surface area contributed by atoms with Gasteiger partial charge in [-0.3, -0.25) is 9.78 Å². The lowest BCUT2D eigenvalue weighted by Crippen LogP contribution is -2.37. The van der Waals surface area contributed by atoms with E-state index >= 15 is 0 Å². The first-order chi connectivity index (χ1) is 10.8. The molecule has 0 unspecified atom stereocenters. The molecule has 0 radical (unpaired) electrons. The van der Waals surface area contributed by atoms with E-state index in [9.17, 15) is 4.79 Å². The fourth-order valence-electron chi connectivity index (χ4n) is 2.72. The molecule has 116 valence electrons. The zero-order valence-corrected chi connectivity index (χ0v) is 13.4. The van der Waals surface area contributed by atoms with Crippen molar-refractivity contribution in [3.05, 3.63) is 40.7 Å². The minimum absolute atomic E-state index is 0.0404. The topological polar surface area (TPSA) is 45.2 Å². The number of nitrogens with one attached hydrogen (secondary N) is 1. The van der Waals surface area contributed by atoms with Gasteiger partial charge in [0.15, 0.2) is 0 Å². The van der Waals surface area contributed by atoms with Gasteiger partial charge in [0.25, 0.3) is 5.91 Å². The number of thiophene rings is 1. The van der Waals surface area contributed by atoms with Crippen molar-refractivity contribution >= 4 is 17.2 Å². The number of likely N-dealkylation sites (tertiary alicyclic amines) is 1. The van der Waals surface area contributed by atoms with E-state index < -0.39 is 0 Å². The fraction of sp³-hybridized carbons (Fsp3) is 0.412. The SMILES string of the molecule is O=C(NCCN1CCCCC1)c1ccc(-c2ccsc2)nc1. The molecule has 0 atom stereocenters. The highest BCUT2D eigenvalue weighted by Gasteiger charge is 2.11. The molecular formula is C17H21N3OS. The highest BCUT2D eigenvalue weighted by molar-refractivity contribution is 7.08. The summed E-state index contributed by atoms with van der Waals surface area (Å²) in [4.78, 5) is 18.9. The molecule has 3 rings (SSSR count). The lowest BCUT2D eigenvalue weighted by Gasteiger charge is -2.26. The second-order valence-electron chi connectivity index (χ2n) is 5.60. The first-order valence-corrected chi connectivity index (χ1v) is 8.76. The van der Waals surface area contributed by atoms with E-state index in [1.165, 1.54) is 19.3 Å². The molecule has 1 N–H and O–H groups in total. The van der Waals surface area contributed by atoms with Gasteiger partial charge in [-0.1, -0.05) is 6.42 Å². The van der Waals surface area contributed by atoms with Gasteiger partial charge in [0, 0.05) is 30.2 Å². The van der Waals surface area contributed by atoms with E-state index in [2.05, 4.69) is 20.6 Å². The predicted octanol–water partition coefficient (Wildman–Crippen LogP) is 3.03. The van der Waals surface area contributed by atoms with Crippen LogP contribution in [0.4, 0.5) is 0 Å². The molecule has 4 nitrogen and oxygen atoms in total. The minimum atomic E-state index is -0.0404. The van der Waals surface area contributed by atoms with Crippen LogP contribution in [0.5, 0.6) is 0 Å². The van der Waals surface area contributed by atoms with E-state index in [-0.39, 0.29) is 5.91 Å². The molecule has 0 saturated carbocycles. The molecule has 3 heterocycles. The molecule has 2 aromatic heterocycles. The van der Waals surface area contributed by atoms with Crippen molar-refractivity contribution in [1.29, 1.82) is 0 Å². The minimum Gasteiger partial charge on any atom is -0.351 e. The summed E-state index contributed by atoms with van der Waals surface area (Å²) in [5.74, 6) is -0.0404. The third-order valence-corrected chi connectivity index (χ3v) is 4.69. The van der Waals surface area contributed by atoms with Crippen LogP contribution in [0.3, 0.4) is 0 Å². The van der Waals surface area contributed by atoms with Gasteiger partial charge >= 0.3 is 0 Å². The second kappa shape index (κ2) is 7.51. The van der Waals surface area contributed by atoms with Gasteiger partial charge < -0.3 is 10.2 Å². The van der Waals surface area contributed by atoms with E-state index in [0.717, 1.165) is 30.9 Å². The van der Waals surface area contributed by atoms with Crippen LogP contribution in [-0.4, -0.2) is 42.0 Å². The van der Waals surface area contributed by atoms with Crippen LogP contribution in [0.2, 0.25) is 0 Å². The van der Waals surface area contributed by atoms with Crippen LogP contribution < -0.4 is 5.32 Å². The Hall–Kier alpha value is -1.72. The molecule has 5 heteroatoms. The predicted molar refractivity (Wildman–Crippen MR) is 90.2 cm³/mol. The summed E-state index contributed by atoms with van der Waals surface area (Å²) in [7, 11) is 0. The Kier molecular flexibility index (Phi) is 5.19. The Morgan fingerprint density at radius 1 is 1.23 bits per heavy atom. The molecule has 1 fully saturated rings. The Bertz CT molecular complexity index is 589. The van der Waals surface area contributed by atoms with Crippen LogP contribution in [0.25, 0.3) is 11.3 Å². The maximum absolute atomic E-state index is 12.1. The largest absolute Gasteiger partial charge is 0.351 e. The second-order valence-corrected chi connectivity index (χ2v) is 6.38. The van der Waals surface area contributed by atoms with Crippen LogP contribution in [-0.2, 0) is 0 Å². The molecule has 0 aliphatic carbocycles. The number of aromatic nitrogens is 1. The summed E-state index contributed by atoms with van der Waals surface area (Å²) in [6.07, 6.45) is 5.55. The lowest BCUT2D eigenvalue weighted by atomic mass is 10.1. The number of hydrogen-bond donors (Lipinski definition) is 1. The molecule has 2 aromatic rings. The van der Waals surface area contributed by atoms with Crippen LogP contribution >= 0.6 is 11.3 Å². The van der Waals surface area contributed by atoms with Crippen molar-refractivity contribution in [2.45, 2.75) is 19.3 Å². The van der Waals surface area contributed by atoms with Crippen molar-refractivity contribution in [2.24, 2.45) is 0 Å². The first kappa shape index (κ1) is 15.2. The van der Waals surface area contributed by atoms with Crippen LogP contribution in [0, 0.1) is 0 Å². The van der Waals surface area contributed by atoms with E-state index in [1.54, 1.807) is 17.5 Å². The third kappa shape index (κ3) is 3.93. The Labute approximate surface area is 135 Å². The van der Waals surface area contributed by atoms with Crippen molar-refractivity contribution in [1.82, 2.24) is 15.2 Å². The molecular weight excluding hydrogens is 294 g/mol. The van der Waals surface area contributed by atoms with Gasteiger partial charge in [-0.25, -0.2) is 0 Å². The van der Waals surface area contributed by atoms with Crippen LogP contribution in [0.1, 0.15) is 29.6 Å². The number of pyridine rings is 1. The monoisotopic (exact) mass is 315 g/mol. The summed E-state index contributed by atoms with van der Waals surface area (Å²) in [5.41, 5.74) is 2.63. The Morgan fingerprint density at radius 2 is 2.09 bits per heavy atom. The van der Waals surface area contributed by atoms with E-state index in [0.29, 0.717) is 12.1 Å². The number of carbonyl (C=O) groups is 1. The fourth-order valence-corrected chi connectivity index (χ4v) is 3.37. The van der Waals surface area contributed by atoms with Gasteiger partial charge in [0.2, 0.25) is 0 Å². The Morgan fingerprint density at radius 3 is 2.77 bits per heavy atom. The van der Waals surface area contributed by atoms with Gasteiger partial charge in [0.1, 0.15) is 0 Å². The molecule has 1 saturated heterocycles. The average Bonchev–Trinajstić information content (AvgIpc) is 3.10. The highest BCUT2D eigenvalue weighted by Crippen LogP contribution is 2.19. The van der Waals surface area contributed by atoms with Crippen LogP contribution in [0.15, 0.2) is 35.2 Å². The molecule has 0 spiro atoms. The van der Waals surface area contributed by atoms with Crippen molar-refractivity contribution in [2.75, 3.05) is 26.2 Å². The maximum Gasteiger partial charge on any atom is 0.252 e. The summed E-state index contributed by atoms with van der Waals surface area (Å²) in [5, 5.41) is 7.06. The molecule has 1 aliphatic rings. The molecule has 1 aliphatic heterocycles. The molecule has 22 heavy (non-hydrogen) atoms. The molecule has 1 amide bonds. The van der Waals surface area contributed by atoms with Gasteiger partial charge in [-0.2, -0.15) is 11.3 Å². The molecule has 0 aromatic carbocycles. The van der Waals surface area contributed by atoms with Crippen molar-refractivity contribution in [3.8, 4) is 11.3 Å². The molecule has 0 bridgehead atoms. The number of amides is 1.